The minimum atomic E-state index is -2.34. The third kappa shape index (κ3) is 3.89. The quantitative estimate of drug-likeness (QED) is 0.780. The molecule has 0 spiro atoms. The summed E-state index contributed by atoms with van der Waals surface area (Å²) >= 11 is 1.50. The molecule has 1 N–H and O–H groups in total. The number of nitrogens with zero attached hydrogens (tertiary/aromatic N) is 4. The van der Waals surface area contributed by atoms with Crippen LogP contribution in [-0.2, 0) is 4.79 Å². The highest BCUT2D eigenvalue weighted by Gasteiger charge is 2.34. The number of amides is 2. The van der Waals surface area contributed by atoms with Crippen molar-refractivity contribution in [2.24, 2.45) is 5.92 Å². The molecule has 0 radical (unpaired) electrons. The highest BCUT2D eigenvalue weighted by molar-refractivity contribution is 7.99. The van der Waals surface area contributed by atoms with Crippen molar-refractivity contribution in [3.8, 4) is 6.07 Å². The van der Waals surface area contributed by atoms with Crippen LogP contribution in [0.5, 0.6) is 0 Å². The van der Waals surface area contributed by atoms with Crippen LogP contribution < -0.4 is 10.2 Å². The van der Waals surface area contributed by atoms with Gasteiger partial charge in [0.05, 0.1) is 35.5 Å². The van der Waals surface area contributed by atoms with E-state index in [-0.39, 0.29) is 25.5 Å². The summed E-state index contributed by atoms with van der Waals surface area (Å²) in [5.74, 6) is -0.370. The molecule has 7 nitrogen and oxygen atoms in total. The van der Waals surface area contributed by atoms with E-state index >= 15 is 0 Å². The highest BCUT2D eigenvalue weighted by atomic mass is 32.2. The fourth-order valence-corrected chi connectivity index (χ4v) is 4.66. The zero-order valence-corrected chi connectivity index (χ0v) is 16.7. The van der Waals surface area contributed by atoms with Crippen molar-refractivity contribution < 1.29 is 18.4 Å². The maximum atomic E-state index is 12.8. The number of anilines is 1. The van der Waals surface area contributed by atoms with Gasteiger partial charge in [-0.1, -0.05) is 0 Å². The summed E-state index contributed by atoms with van der Waals surface area (Å²) in [6.45, 7) is 0.337. The number of carbonyl (C=O) groups excluding carboxylic acids is 2. The number of aromatic nitrogens is 1. The maximum Gasteiger partial charge on any atom is 0.252 e. The molecule has 1 aromatic heterocycles. The van der Waals surface area contributed by atoms with Gasteiger partial charge in [0, 0.05) is 36.1 Å². The van der Waals surface area contributed by atoms with Gasteiger partial charge in [-0.25, -0.2) is 8.78 Å². The number of rotatable bonds is 5. The van der Waals surface area contributed by atoms with Crippen LogP contribution in [0.3, 0.4) is 0 Å². The summed E-state index contributed by atoms with van der Waals surface area (Å²) in [5, 5.41) is 12.3. The van der Waals surface area contributed by atoms with E-state index in [0.29, 0.717) is 28.1 Å². The first-order valence-electron chi connectivity index (χ1n) is 9.45. The summed E-state index contributed by atoms with van der Waals surface area (Å²) in [6.07, 6.45) is -0.824. The van der Waals surface area contributed by atoms with E-state index in [9.17, 15) is 18.4 Å². The van der Waals surface area contributed by atoms with Crippen LogP contribution in [0.15, 0.2) is 30.5 Å². The van der Waals surface area contributed by atoms with E-state index in [2.05, 4.69) is 16.4 Å². The molecule has 30 heavy (non-hydrogen) atoms. The number of thioether (sulfide) groups is 1. The SMILES string of the molecule is N#CC1CSCN1C(=O)CNC(=O)c1ccnc2ccc(N3CC(C(F)F)C3)cc12. The van der Waals surface area contributed by atoms with Crippen molar-refractivity contribution in [3.05, 3.63) is 36.0 Å². The summed E-state index contributed by atoms with van der Waals surface area (Å²) < 4.78 is 25.5. The molecule has 0 saturated carbocycles. The Kier molecular flexibility index (Phi) is 5.72. The predicted molar refractivity (Wildman–Crippen MR) is 109 cm³/mol. The number of fused-ring (bicyclic) bond motifs is 1. The van der Waals surface area contributed by atoms with E-state index in [4.69, 9.17) is 5.26 Å². The summed E-state index contributed by atoms with van der Waals surface area (Å²) in [6, 6.07) is 8.50. The molecule has 0 aliphatic carbocycles. The van der Waals surface area contributed by atoms with Gasteiger partial charge in [0.25, 0.3) is 5.91 Å². The van der Waals surface area contributed by atoms with Crippen molar-refractivity contribution in [1.29, 1.82) is 5.26 Å². The third-order valence-electron chi connectivity index (χ3n) is 5.35. The first kappa shape index (κ1) is 20.3. The molecular formula is C20H19F2N5O2S. The summed E-state index contributed by atoms with van der Waals surface area (Å²) in [5.41, 5.74) is 1.71. The van der Waals surface area contributed by atoms with Crippen molar-refractivity contribution in [3.63, 3.8) is 0 Å². The molecule has 0 bridgehead atoms. The highest BCUT2D eigenvalue weighted by Crippen LogP contribution is 2.31. The second-order valence-corrected chi connectivity index (χ2v) is 8.25. The van der Waals surface area contributed by atoms with Crippen molar-refractivity contribution in [2.45, 2.75) is 12.5 Å². The lowest BCUT2D eigenvalue weighted by Crippen LogP contribution is -2.50. The number of hydrogen-bond donors (Lipinski definition) is 1. The molecule has 2 aliphatic heterocycles. The minimum Gasteiger partial charge on any atom is -0.370 e. The van der Waals surface area contributed by atoms with Crippen molar-refractivity contribution in [1.82, 2.24) is 15.2 Å². The lowest BCUT2D eigenvalue weighted by atomic mass is 9.99. The molecule has 1 unspecified atom stereocenters. The van der Waals surface area contributed by atoms with Gasteiger partial charge in [0.1, 0.15) is 6.04 Å². The van der Waals surface area contributed by atoms with Crippen LogP contribution in [0.4, 0.5) is 14.5 Å². The van der Waals surface area contributed by atoms with Crippen LogP contribution in [0.1, 0.15) is 10.4 Å². The van der Waals surface area contributed by atoms with Gasteiger partial charge >= 0.3 is 0 Å². The van der Waals surface area contributed by atoms with Gasteiger partial charge in [-0.15, -0.1) is 11.8 Å². The van der Waals surface area contributed by atoms with E-state index in [0.717, 1.165) is 5.69 Å². The molecule has 2 amide bonds. The lowest BCUT2D eigenvalue weighted by Gasteiger charge is -2.40. The number of halogens is 2. The Bertz CT molecular complexity index is 1020. The van der Waals surface area contributed by atoms with Crippen LogP contribution in [-0.4, -0.2) is 65.4 Å². The Morgan fingerprint density at radius 3 is 2.87 bits per heavy atom. The Balaban J connectivity index is 1.48. The molecule has 2 fully saturated rings. The Morgan fingerprint density at radius 2 is 2.13 bits per heavy atom. The van der Waals surface area contributed by atoms with Gasteiger partial charge < -0.3 is 15.1 Å². The molecule has 3 heterocycles. The molecule has 156 valence electrons. The molecule has 2 aliphatic rings. The summed E-state index contributed by atoms with van der Waals surface area (Å²) in [7, 11) is 0. The second-order valence-electron chi connectivity index (χ2n) is 7.25. The van der Waals surface area contributed by atoms with Crippen LogP contribution in [0.2, 0.25) is 0 Å². The monoisotopic (exact) mass is 431 g/mol. The number of benzene rings is 1. The molecule has 1 aromatic carbocycles. The van der Waals surface area contributed by atoms with E-state index in [1.54, 1.807) is 24.3 Å². The predicted octanol–water partition coefficient (Wildman–Crippen LogP) is 2.09. The molecule has 4 rings (SSSR count). The molecule has 10 heteroatoms. The van der Waals surface area contributed by atoms with Gasteiger partial charge in [-0.05, 0) is 24.3 Å². The smallest absolute Gasteiger partial charge is 0.252 e. The fraction of sp³-hybridized carbons (Fsp3) is 0.400. The second kappa shape index (κ2) is 8.44. The maximum absolute atomic E-state index is 12.8. The Morgan fingerprint density at radius 1 is 1.33 bits per heavy atom. The number of nitriles is 1. The van der Waals surface area contributed by atoms with Crippen LogP contribution in [0, 0.1) is 17.2 Å². The topological polar surface area (TPSA) is 89.3 Å². The first-order chi connectivity index (χ1) is 14.5. The summed E-state index contributed by atoms with van der Waals surface area (Å²) in [4.78, 5) is 32.6. The average molecular weight is 431 g/mol. The Hall–Kier alpha value is -2.93. The number of alkyl halides is 2. The van der Waals surface area contributed by atoms with Crippen molar-refractivity contribution in [2.75, 3.05) is 36.2 Å². The molecule has 1 atom stereocenters. The standard InChI is InChI=1S/C20H19F2N5O2S/c21-19(22)12-8-26(9-12)13-1-2-17-16(5-13)15(3-4-24-17)20(29)25-7-18(28)27-11-30-10-14(27)6-23/h1-5,12,14,19H,7-11H2,(H,25,29). The van der Waals surface area contributed by atoms with Gasteiger partial charge in [-0.2, -0.15) is 5.26 Å². The van der Waals surface area contributed by atoms with E-state index in [1.807, 2.05) is 4.90 Å². The number of nitrogens with one attached hydrogen (secondary N) is 1. The molecule has 2 aromatic rings. The lowest BCUT2D eigenvalue weighted by molar-refractivity contribution is -0.129. The van der Waals surface area contributed by atoms with E-state index < -0.39 is 24.3 Å². The third-order valence-corrected chi connectivity index (χ3v) is 6.37. The molecular weight excluding hydrogens is 412 g/mol. The first-order valence-corrected chi connectivity index (χ1v) is 10.6. The van der Waals surface area contributed by atoms with Gasteiger partial charge in [0.2, 0.25) is 12.3 Å². The van der Waals surface area contributed by atoms with Gasteiger partial charge in [-0.3, -0.25) is 14.6 Å². The number of carbonyl (C=O) groups is 2. The zero-order valence-electron chi connectivity index (χ0n) is 15.9. The van der Waals surface area contributed by atoms with Crippen molar-refractivity contribution >= 4 is 40.2 Å². The largest absolute Gasteiger partial charge is 0.370 e. The van der Waals surface area contributed by atoms with Crippen LogP contribution in [0.25, 0.3) is 10.9 Å². The van der Waals surface area contributed by atoms with E-state index in [1.165, 1.54) is 22.9 Å². The van der Waals surface area contributed by atoms with Crippen LogP contribution >= 0.6 is 11.8 Å². The fourth-order valence-electron chi connectivity index (χ4n) is 3.56. The number of hydrogen-bond acceptors (Lipinski definition) is 6. The number of pyridine rings is 1. The molecule has 2 saturated heterocycles. The normalized spacial score (nSPS) is 19.1. The average Bonchev–Trinajstić information content (AvgIpc) is 3.19. The zero-order chi connectivity index (χ0) is 21.3. The Labute approximate surface area is 176 Å². The minimum absolute atomic E-state index is 0.205. The van der Waals surface area contributed by atoms with Gasteiger partial charge in [0.15, 0.2) is 0 Å².